The predicted molar refractivity (Wildman–Crippen MR) is 84.3 cm³/mol. The predicted octanol–water partition coefficient (Wildman–Crippen LogP) is 1.82. The van der Waals surface area contributed by atoms with Crippen LogP contribution in [0.5, 0.6) is 0 Å². The van der Waals surface area contributed by atoms with E-state index in [1.165, 1.54) is 0 Å². The minimum atomic E-state index is -0.140. The van der Waals surface area contributed by atoms with E-state index in [4.69, 9.17) is 0 Å². The van der Waals surface area contributed by atoms with Gasteiger partial charge in [0.15, 0.2) is 0 Å². The first-order valence-corrected chi connectivity index (χ1v) is 8.11. The van der Waals surface area contributed by atoms with Crippen molar-refractivity contribution in [2.24, 2.45) is 0 Å². The highest BCUT2D eigenvalue weighted by molar-refractivity contribution is 7.10. The van der Waals surface area contributed by atoms with E-state index in [9.17, 15) is 9.59 Å². The van der Waals surface area contributed by atoms with Gasteiger partial charge in [-0.1, -0.05) is 12.1 Å². The summed E-state index contributed by atoms with van der Waals surface area (Å²) in [4.78, 5) is 29.0. The molecule has 114 valence electrons. The molecule has 6 heteroatoms. The van der Waals surface area contributed by atoms with Crippen LogP contribution in [0.3, 0.4) is 0 Å². The van der Waals surface area contributed by atoms with Gasteiger partial charge in [0.2, 0.25) is 11.8 Å². The highest BCUT2D eigenvalue weighted by Crippen LogP contribution is 2.27. The van der Waals surface area contributed by atoms with Crippen molar-refractivity contribution in [1.82, 2.24) is 15.6 Å². The molecule has 1 aliphatic rings. The fourth-order valence-electron chi connectivity index (χ4n) is 2.64. The number of hydrogen-bond acceptors (Lipinski definition) is 4. The standard InChI is InChI=1S/C16H17N3O2S/c20-14-6-5-12(16(19-14)13-4-2-8-22-13)18-15(21)9-11-3-1-7-17-10-11/h1-4,7-8,10,12,16H,5-6,9H2,(H,18,21)(H,19,20)/t12-,16-/m1/s1. The molecule has 0 aromatic carbocycles. The number of nitrogens with one attached hydrogen (secondary N) is 2. The first-order chi connectivity index (χ1) is 10.7. The van der Waals surface area contributed by atoms with Gasteiger partial charge in [-0.3, -0.25) is 14.6 Å². The van der Waals surface area contributed by atoms with Gasteiger partial charge in [-0.25, -0.2) is 0 Å². The molecule has 1 aliphatic heterocycles. The summed E-state index contributed by atoms with van der Waals surface area (Å²) < 4.78 is 0. The van der Waals surface area contributed by atoms with Gasteiger partial charge < -0.3 is 10.6 Å². The maximum atomic E-state index is 12.2. The van der Waals surface area contributed by atoms with Gasteiger partial charge in [0.05, 0.1) is 18.5 Å². The molecule has 0 aliphatic carbocycles. The summed E-state index contributed by atoms with van der Waals surface area (Å²) in [7, 11) is 0. The van der Waals surface area contributed by atoms with E-state index < -0.39 is 0 Å². The second kappa shape index (κ2) is 6.70. The number of aromatic nitrogens is 1. The lowest BCUT2D eigenvalue weighted by Crippen LogP contribution is -2.50. The SMILES string of the molecule is O=C(Cc1cccnc1)N[C@@H]1CCC(=O)N[C@H]1c1cccs1. The number of piperidine rings is 1. The Bertz CT molecular complexity index is 643. The van der Waals surface area contributed by atoms with Gasteiger partial charge in [-0.2, -0.15) is 0 Å². The van der Waals surface area contributed by atoms with Gasteiger partial charge in [0.25, 0.3) is 0 Å². The van der Waals surface area contributed by atoms with Crippen molar-refractivity contribution in [2.75, 3.05) is 0 Å². The molecule has 2 atom stereocenters. The summed E-state index contributed by atoms with van der Waals surface area (Å²) in [6, 6.07) is 7.43. The van der Waals surface area contributed by atoms with Crippen LogP contribution in [0.1, 0.15) is 29.3 Å². The van der Waals surface area contributed by atoms with E-state index in [0.717, 1.165) is 10.4 Å². The molecule has 0 bridgehead atoms. The number of nitrogens with zero attached hydrogens (tertiary/aromatic N) is 1. The molecule has 2 amide bonds. The van der Waals surface area contributed by atoms with Crippen LogP contribution in [0, 0.1) is 0 Å². The molecular formula is C16H17N3O2S. The number of rotatable bonds is 4. The number of thiophene rings is 1. The number of amides is 2. The molecule has 0 radical (unpaired) electrons. The maximum absolute atomic E-state index is 12.2. The first kappa shape index (κ1) is 14.7. The number of carbonyl (C=O) groups is 2. The molecular weight excluding hydrogens is 298 g/mol. The fourth-order valence-corrected chi connectivity index (χ4v) is 3.48. The van der Waals surface area contributed by atoms with Crippen LogP contribution < -0.4 is 10.6 Å². The zero-order valence-electron chi connectivity index (χ0n) is 12.0. The normalized spacial score (nSPS) is 21.2. The van der Waals surface area contributed by atoms with E-state index in [2.05, 4.69) is 15.6 Å². The van der Waals surface area contributed by atoms with Gasteiger partial charge in [-0.05, 0) is 29.5 Å². The third-order valence-corrected chi connectivity index (χ3v) is 4.64. The molecule has 3 rings (SSSR count). The van der Waals surface area contributed by atoms with Crippen LogP contribution in [0.25, 0.3) is 0 Å². The second-order valence-electron chi connectivity index (χ2n) is 5.31. The summed E-state index contributed by atoms with van der Waals surface area (Å²) in [5, 5.41) is 8.01. The molecule has 0 unspecified atom stereocenters. The summed E-state index contributed by atoms with van der Waals surface area (Å²) >= 11 is 1.59. The van der Waals surface area contributed by atoms with Crippen LogP contribution in [-0.4, -0.2) is 22.8 Å². The van der Waals surface area contributed by atoms with Gasteiger partial charge in [0.1, 0.15) is 0 Å². The Labute approximate surface area is 132 Å². The second-order valence-corrected chi connectivity index (χ2v) is 6.29. The van der Waals surface area contributed by atoms with E-state index >= 15 is 0 Å². The molecule has 2 aromatic heterocycles. The molecule has 22 heavy (non-hydrogen) atoms. The smallest absolute Gasteiger partial charge is 0.224 e. The summed E-state index contributed by atoms with van der Waals surface area (Å²) in [6.45, 7) is 0. The van der Waals surface area contributed by atoms with E-state index in [0.29, 0.717) is 19.3 Å². The van der Waals surface area contributed by atoms with E-state index in [1.807, 2.05) is 29.6 Å². The minimum Gasteiger partial charge on any atom is -0.351 e. The zero-order valence-corrected chi connectivity index (χ0v) is 12.8. The molecule has 5 nitrogen and oxygen atoms in total. The molecule has 2 N–H and O–H groups in total. The van der Waals surface area contributed by atoms with Gasteiger partial charge >= 0.3 is 0 Å². The zero-order chi connectivity index (χ0) is 15.4. The Hall–Kier alpha value is -2.21. The Morgan fingerprint density at radius 1 is 1.41 bits per heavy atom. The van der Waals surface area contributed by atoms with Crippen molar-refractivity contribution in [2.45, 2.75) is 31.3 Å². The highest BCUT2D eigenvalue weighted by atomic mass is 32.1. The fraction of sp³-hybridized carbons (Fsp3) is 0.312. The van der Waals surface area contributed by atoms with Crippen LogP contribution in [0.15, 0.2) is 42.0 Å². The third kappa shape index (κ3) is 3.51. The maximum Gasteiger partial charge on any atom is 0.224 e. The van der Waals surface area contributed by atoms with Gasteiger partial charge in [-0.15, -0.1) is 11.3 Å². The Kier molecular flexibility index (Phi) is 4.48. The third-order valence-electron chi connectivity index (χ3n) is 3.68. The molecule has 0 saturated carbocycles. The van der Waals surface area contributed by atoms with E-state index in [1.54, 1.807) is 23.7 Å². The lowest BCUT2D eigenvalue weighted by molar-refractivity contribution is -0.126. The number of hydrogen-bond donors (Lipinski definition) is 2. The molecule has 1 saturated heterocycles. The first-order valence-electron chi connectivity index (χ1n) is 7.23. The summed E-state index contributed by atoms with van der Waals surface area (Å²) in [5.74, 6) is -0.00753. The lowest BCUT2D eigenvalue weighted by Gasteiger charge is -2.32. The average Bonchev–Trinajstić information content (AvgIpc) is 3.04. The summed E-state index contributed by atoms with van der Waals surface area (Å²) in [6.07, 6.45) is 4.78. The van der Waals surface area contributed by atoms with Crippen molar-refractivity contribution in [3.63, 3.8) is 0 Å². The van der Waals surface area contributed by atoms with Gasteiger partial charge in [0, 0.05) is 23.7 Å². The largest absolute Gasteiger partial charge is 0.351 e. The highest BCUT2D eigenvalue weighted by Gasteiger charge is 2.31. The molecule has 2 aromatic rings. The minimum absolute atomic E-state index is 0.0381. The lowest BCUT2D eigenvalue weighted by atomic mass is 9.96. The van der Waals surface area contributed by atoms with Crippen LogP contribution in [0.4, 0.5) is 0 Å². The van der Waals surface area contributed by atoms with Crippen LogP contribution in [0.2, 0.25) is 0 Å². The van der Waals surface area contributed by atoms with Crippen molar-refractivity contribution >= 4 is 23.2 Å². The number of carbonyl (C=O) groups excluding carboxylic acids is 2. The topological polar surface area (TPSA) is 71.1 Å². The van der Waals surface area contributed by atoms with Crippen LogP contribution >= 0.6 is 11.3 Å². The van der Waals surface area contributed by atoms with Crippen molar-refractivity contribution < 1.29 is 9.59 Å². The van der Waals surface area contributed by atoms with Crippen molar-refractivity contribution in [3.05, 3.63) is 52.5 Å². The van der Waals surface area contributed by atoms with Crippen molar-refractivity contribution in [1.29, 1.82) is 0 Å². The Morgan fingerprint density at radius 3 is 3.05 bits per heavy atom. The van der Waals surface area contributed by atoms with Crippen LogP contribution in [-0.2, 0) is 16.0 Å². The van der Waals surface area contributed by atoms with Crippen molar-refractivity contribution in [3.8, 4) is 0 Å². The molecule has 3 heterocycles. The Morgan fingerprint density at radius 2 is 2.32 bits per heavy atom. The molecule has 1 fully saturated rings. The average molecular weight is 315 g/mol. The monoisotopic (exact) mass is 315 g/mol. The summed E-state index contributed by atoms with van der Waals surface area (Å²) in [5.41, 5.74) is 0.882. The van der Waals surface area contributed by atoms with E-state index in [-0.39, 0.29) is 23.9 Å². The Balaban J connectivity index is 1.67. The quantitative estimate of drug-likeness (QED) is 0.904. The number of pyridine rings is 1. The molecule has 0 spiro atoms.